The lowest BCUT2D eigenvalue weighted by Gasteiger charge is -2.28. The lowest BCUT2D eigenvalue weighted by atomic mass is 10.4. The molecule has 0 N–H and O–H groups in total. The molecule has 7 heteroatoms. The van der Waals surface area contributed by atoms with Gasteiger partial charge in [0.1, 0.15) is 0 Å². The quantitative estimate of drug-likeness (QED) is 0.573. The lowest BCUT2D eigenvalue weighted by molar-refractivity contribution is 0.0468. The van der Waals surface area contributed by atoms with Gasteiger partial charge in [-0.3, -0.25) is 0 Å². The SMILES string of the molecule is O=C([N]C(=O)N1CCOCC1)N1CCOCC1. The summed E-state index contributed by atoms with van der Waals surface area (Å²) in [6, 6.07) is -0.936. The molecule has 0 aromatic rings. The second kappa shape index (κ2) is 5.83. The first-order valence-corrected chi connectivity index (χ1v) is 5.72. The Morgan fingerprint density at radius 1 is 0.765 bits per heavy atom. The van der Waals surface area contributed by atoms with Crippen molar-refractivity contribution in [2.45, 2.75) is 0 Å². The third-order valence-electron chi connectivity index (χ3n) is 2.75. The minimum absolute atomic E-state index is 0.468. The molecule has 0 atom stereocenters. The van der Waals surface area contributed by atoms with Gasteiger partial charge in [-0.15, -0.1) is 5.32 Å². The molecular formula is C10H16N3O4. The average Bonchev–Trinajstić information content (AvgIpc) is 2.40. The summed E-state index contributed by atoms with van der Waals surface area (Å²) in [5.74, 6) is 0. The normalized spacial score (nSPS) is 21.2. The third-order valence-corrected chi connectivity index (χ3v) is 2.75. The van der Waals surface area contributed by atoms with Gasteiger partial charge in [0, 0.05) is 26.2 Å². The molecule has 0 aliphatic carbocycles. The van der Waals surface area contributed by atoms with Gasteiger partial charge in [-0.1, -0.05) is 0 Å². The highest BCUT2D eigenvalue weighted by molar-refractivity contribution is 5.93. The van der Waals surface area contributed by atoms with Gasteiger partial charge in [0.2, 0.25) is 0 Å². The Balaban J connectivity index is 1.78. The van der Waals surface area contributed by atoms with Crippen LogP contribution in [0, 0.1) is 0 Å². The van der Waals surface area contributed by atoms with Crippen molar-refractivity contribution in [2.24, 2.45) is 0 Å². The molecule has 2 fully saturated rings. The Hall–Kier alpha value is -1.34. The van der Waals surface area contributed by atoms with Crippen LogP contribution in [0.4, 0.5) is 9.59 Å². The molecule has 2 saturated heterocycles. The van der Waals surface area contributed by atoms with Gasteiger partial charge in [-0.2, -0.15) is 0 Å². The number of hydrogen-bond donors (Lipinski definition) is 0. The maximum absolute atomic E-state index is 11.7. The predicted molar refractivity (Wildman–Crippen MR) is 57.7 cm³/mol. The van der Waals surface area contributed by atoms with Gasteiger partial charge >= 0.3 is 12.1 Å². The van der Waals surface area contributed by atoms with Crippen LogP contribution in [-0.4, -0.2) is 74.5 Å². The third kappa shape index (κ3) is 3.31. The summed E-state index contributed by atoms with van der Waals surface area (Å²) in [7, 11) is 0. The average molecular weight is 242 g/mol. The number of rotatable bonds is 0. The first-order chi connectivity index (χ1) is 8.27. The van der Waals surface area contributed by atoms with E-state index in [1.54, 1.807) is 0 Å². The minimum atomic E-state index is -0.468. The Morgan fingerprint density at radius 3 is 1.47 bits per heavy atom. The van der Waals surface area contributed by atoms with E-state index in [4.69, 9.17) is 9.47 Å². The number of ether oxygens (including phenoxy) is 2. The monoisotopic (exact) mass is 242 g/mol. The number of imide groups is 1. The largest absolute Gasteiger partial charge is 0.378 e. The molecule has 0 unspecified atom stereocenters. The van der Waals surface area contributed by atoms with Crippen molar-refractivity contribution in [1.29, 1.82) is 0 Å². The number of carbonyl (C=O) groups is 2. The van der Waals surface area contributed by atoms with Crippen LogP contribution in [0.5, 0.6) is 0 Å². The minimum Gasteiger partial charge on any atom is -0.378 e. The Morgan fingerprint density at radius 2 is 1.12 bits per heavy atom. The maximum atomic E-state index is 11.7. The van der Waals surface area contributed by atoms with Gasteiger partial charge < -0.3 is 19.3 Å². The van der Waals surface area contributed by atoms with Crippen molar-refractivity contribution in [3.05, 3.63) is 0 Å². The fourth-order valence-corrected chi connectivity index (χ4v) is 1.73. The molecule has 17 heavy (non-hydrogen) atoms. The first-order valence-electron chi connectivity index (χ1n) is 5.72. The summed E-state index contributed by atoms with van der Waals surface area (Å²) < 4.78 is 10.2. The van der Waals surface area contributed by atoms with Crippen molar-refractivity contribution in [3.8, 4) is 0 Å². The molecule has 0 saturated carbocycles. The summed E-state index contributed by atoms with van der Waals surface area (Å²) in [6.45, 7) is 4.02. The first kappa shape index (κ1) is 12.1. The van der Waals surface area contributed by atoms with Crippen LogP contribution < -0.4 is 5.32 Å². The van der Waals surface area contributed by atoms with Crippen molar-refractivity contribution >= 4 is 12.1 Å². The zero-order valence-electron chi connectivity index (χ0n) is 9.63. The van der Waals surface area contributed by atoms with Crippen LogP contribution in [0.2, 0.25) is 0 Å². The second-order valence-corrected chi connectivity index (χ2v) is 3.88. The number of morpholine rings is 2. The molecule has 0 aromatic carbocycles. The van der Waals surface area contributed by atoms with Crippen LogP contribution in [0.15, 0.2) is 0 Å². The van der Waals surface area contributed by atoms with Crippen LogP contribution in [0.25, 0.3) is 0 Å². The number of urea groups is 2. The van der Waals surface area contributed by atoms with Crippen LogP contribution >= 0.6 is 0 Å². The molecule has 95 valence electrons. The lowest BCUT2D eigenvalue weighted by Crippen LogP contribution is -2.50. The van der Waals surface area contributed by atoms with E-state index in [2.05, 4.69) is 5.32 Å². The van der Waals surface area contributed by atoms with E-state index < -0.39 is 12.1 Å². The molecule has 2 aliphatic rings. The zero-order valence-corrected chi connectivity index (χ0v) is 9.63. The van der Waals surface area contributed by atoms with Crippen LogP contribution in [-0.2, 0) is 9.47 Å². The van der Waals surface area contributed by atoms with E-state index in [0.717, 1.165) is 0 Å². The molecule has 0 spiro atoms. The molecule has 4 amide bonds. The van der Waals surface area contributed by atoms with E-state index >= 15 is 0 Å². The Labute approximate surface area is 99.6 Å². The molecule has 0 aromatic heterocycles. The van der Waals surface area contributed by atoms with Crippen molar-refractivity contribution in [3.63, 3.8) is 0 Å². The number of carbonyl (C=O) groups excluding carboxylic acids is 2. The topological polar surface area (TPSA) is 73.2 Å². The van der Waals surface area contributed by atoms with Gasteiger partial charge in [0.05, 0.1) is 26.4 Å². The molecular weight excluding hydrogens is 226 g/mol. The van der Waals surface area contributed by atoms with E-state index in [1.165, 1.54) is 9.80 Å². The summed E-state index contributed by atoms with van der Waals surface area (Å²) in [5.41, 5.74) is 0. The Bertz CT molecular complexity index is 257. The van der Waals surface area contributed by atoms with E-state index in [1.807, 2.05) is 0 Å². The molecule has 1 radical (unpaired) electrons. The predicted octanol–water partition coefficient (Wildman–Crippen LogP) is -0.505. The molecule has 2 aliphatic heterocycles. The maximum Gasteiger partial charge on any atom is 0.348 e. The van der Waals surface area contributed by atoms with E-state index in [9.17, 15) is 9.59 Å². The smallest absolute Gasteiger partial charge is 0.348 e. The summed E-state index contributed by atoms with van der Waals surface area (Å²) in [5, 5.41) is 3.59. The molecule has 7 nitrogen and oxygen atoms in total. The highest BCUT2D eigenvalue weighted by Crippen LogP contribution is 2.01. The summed E-state index contributed by atoms with van der Waals surface area (Å²) >= 11 is 0. The standard InChI is InChI=1S/C10H16N3O4/c14-9(12-1-5-16-6-2-12)11-10(15)13-3-7-17-8-4-13/h1-8H2. The van der Waals surface area contributed by atoms with Gasteiger partial charge in [0.25, 0.3) is 0 Å². The van der Waals surface area contributed by atoms with E-state index in [-0.39, 0.29) is 0 Å². The number of nitrogens with zero attached hydrogens (tertiary/aromatic N) is 3. The van der Waals surface area contributed by atoms with Gasteiger partial charge in [-0.25, -0.2) is 9.59 Å². The van der Waals surface area contributed by atoms with E-state index in [0.29, 0.717) is 52.6 Å². The summed E-state index contributed by atoms with van der Waals surface area (Å²) in [4.78, 5) is 26.4. The fraction of sp³-hybridized carbons (Fsp3) is 0.800. The van der Waals surface area contributed by atoms with Crippen LogP contribution in [0.3, 0.4) is 0 Å². The Kier molecular flexibility index (Phi) is 4.16. The fourth-order valence-electron chi connectivity index (χ4n) is 1.73. The second-order valence-electron chi connectivity index (χ2n) is 3.88. The zero-order chi connectivity index (χ0) is 12.1. The highest BCUT2D eigenvalue weighted by Gasteiger charge is 2.24. The molecule has 2 heterocycles. The number of amides is 4. The van der Waals surface area contributed by atoms with Gasteiger partial charge in [-0.05, 0) is 0 Å². The van der Waals surface area contributed by atoms with Gasteiger partial charge in [0.15, 0.2) is 0 Å². The van der Waals surface area contributed by atoms with Crippen molar-refractivity contribution in [1.82, 2.24) is 15.1 Å². The number of hydrogen-bond acceptors (Lipinski definition) is 4. The van der Waals surface area contributed by atoms with Crippen molar-refractivity contribution < 1.29 is 19.1 Å². The highest BCUT2D eigenvalue weighted by atomic mass is 16.5. The van der Waals surface area contributed by atoms with Crippen LogP contribution in [0.1, 0.15) is 0 Å². The molecule has 0 bridgehead atoms. The van der Waals surface area contributed by atoms with Crippen molar-refractivity contribution in [2.75, 3.05) is 52.6 Å². The molecule has 2 rings (SSSR count). The summed E-state index contributed by atoms with van der Waals surface area (Å²) in [6.07, 6.45) is 0.